The predicted octanol–water partition coefficient (Wildman–Crippen LogP) is 3.10. The van der Waals surface area contributed by atoms with Crippen molar-refractivity contribution in [1.82, 2.24) is 9.97 Å². The van der Waals surface area contributed by atoms with Crippen LogP contribution >= 0.6 is 34.2 Å². The third-order valence-corrected chi connectivity index (χ3v) is 3.08. The molecule has 68 valence electrons. The van der Waals surface area contributed by atoms with Crippen LogP contribution in [0.4, 0.5) is 0 Å². The van der Waals surface area contributed by atoms with E-state index in [2.05, 4.69) is 32.6 Å². The van der Waals surface area contributed by atoms with Crippen LogP contribution in [0.2, 0.25) is 5.28 Å². The largest absolute Gasteiger partial charge is 0.432 e. The van der Waals surface area contributed by atoms with Gasteiger partial charge in [-0.15, -0.1) is 0 Å². The molecule has 0 fully saturated rings. The maximum atomic E-state index is 5.70. The van der Waals surface area contributed by atoms with E-state index in [0.717, 1.165) is 20.4 Å². The van der Waals surface area contributed by atoms with Crippen LogP contribution in [0.5, 0.6) is 0 Å². The Bertz CT molecular complexity index is 480. The zero-order valence-electron chi connectivity index (χ0n) is 7.06. The molecule has 0 N–H and O–H groups in total. The second-order valence-corrected chi connectivity index (χ2v) is 4.08. The van der Waals surface area contributed by atoms with Crippen LogP contribution < -0.4 is 0 Å². The molecule has 0 unspecified atom stereocenters. The van der Waals surface area contributed by atoms with Crippen molar-refractivity contribution >= 4 is 45.3 Å². The Kier molecular flexibility index (Phi) is 2.19. The van der Waals surface area contributed by atoms with Gasteiger partial charge in [-0.2, -0.15) is 4.98 Å². The van der Waals surface area contributed by atoms with Gasteiger partial charge in [0.15, 0.2) is 3.77 Å². The summed E-state index contributed by atoms with van der Waals surface area (Å²) < 4.78 is 6.25. The highest BCUT2D eigenvalue weighted by Gasteiger charge is 2.13. The Balaban J connectivity index is 2.94. The number of nitrogens with zero attached hydrogens (tertiary/aromatic N) is 2. The van der Waals surface area contributed by atoms with E-state index >= 15 is 0 Å². The monoisotopic (exact) mass is 308 g/mol. The number of fused-ring (bicyclic) bond motifs is 1. The van der Waals surface area contributed by atoms with Gasteiger partial charge in [-0.25, -0.2) is 4.98 Å². The van der Waals surface area contributed by atoms with Crippen molar-refractivity contribution in [3.05, 3.63) is 20.3 Å². The van der Waals surface area contributed by atoms with Gasteiger partial charge in [-0.3, -0.25) is 0 Å². The smallest absolute Gasteiger partial charge is 0.232 e. The SMILES string of the molecule is Cc1nc(Cl)nc2oc(I)c(C)c12. The summed E-state index contributed by atoms with van der Waals surface area (Å²) in [5, 5.41) is 1.20. The summed E-state index contributed by atoms with van der Waals surface area (Å²) in [6, 6.07) is 0. The summed E-state index contributed by atoms with van der Waals surface area (Å²) in [5.41, 5.74) is 2.50. The first-order valence-electron chi connectivity index (χ1n) is 3.68. The van der Waals surface area contributed by atoms with Gasteiger partial charge < -0.3 is 4.42 Å². The molecule has 2 aromatic heterocycles. The van der Waals surface area contributed by atoms with Crippen LogP contribution in [0.1, 0.15) is 11.3 Å². The number of hydrogen-bond acceptors (Lipinski definition) is 3. The van der Waals surface area contributed by atoms with Crippen molar-refractivity contribution in [2.24, 2.45) is 0 Å². The first kappa shape index (κ1) is 9.21. The van der Waals surface area contributed by atoms with E-state index in [0.29, 0.717) is 5.71 Å². The molecule has 0 saturated carbocycles. The summed E-state index contributed by atoms with van der Waals surface area (Å²) in [6.45, 7) is 3.88. The van der Waals surface area contributed by atoms with Crippen LogP contribution in [0.25, 0.3) is 11.1 Å². The van der Waals surface area contributed by atoms with E-state index in [-0.39, 0.29) is 5.28 Å². The minimum atomic E-state index is 0.232. The normalized spacial score (nSPS) is 11.1. The first-order valence-corrected chi connectivity index (χ1v) is 5.14. The predicted molar refractivity (Wildman–Crippen MR) is 59.0 cm³/mol. The number of aromatic nitrogens is 2. The molecule has 13 heavy (non-hydrogen) atoms. The molecule has 0 saturated heterocycles. The van der Waals surface area contributed by atoms with Crippen molar-refractivity contribution < 1.29 is 4.42 Å². The minimum Gasteiger partial charge on any atom is -0.432 e. The van der Waals surface area contributed by atoms with Crippen LogP contribution in [-0.4, -0.2) is 9.97 Å². The Morgan fingerprint density at radius 1 is 1.31 bits per heavy atom. The molecule has 0 bridgehead atoms. The maximum Gasteiger partial charge on any atom is 0.232 e. The van der Waals surface area contributed by atoms with Crippen molar-refractivity contribution in [3.63, 3.8) is 0 Å². The molecule has 3 nitrogen and oxygen atoms in total. The molecular weight excluding hydrogens is 302 g/mol. The topological polar surface area (TPSA) is 38.9 Å². The Morgan fingerprint density at radius 3 is 2.69 bits per heavy atom. The van der Waals surface area contributed by atoms with Crippen molar-refractivity contribution in [2.75, 3.05) is 0 Å². The van der Waals surface area contributed by atoms with Crippen LogP contribution in [0, 0.1) is 17.6 Å². The second kappa shape index (κ2) is 3.09. The molecular formula is C8H6ClIN2O. The molecule has 5 heteroatoms. The molecule has 0 spiro atoms. The van der Waals surface area contributed by atoms with Gasteiger partial charge in [0, 0.05) is 5.56 Å². The lowest BCUT2D eigenvalue weighted by atomic mass is 10.2. The number of halogens is 2. The third-order valence-electron chi connectivity index (χ3n) is 1.89. The lowest BCUT2D eigenvalue weighted by Crippen LogP contribution is -1.87. The van der Waals surface area contributed by atoms with Crippen molar-refractivity contribution in [3.8, 4) is 0 Å². The summed E-state index contributed by atoms with van der Waals surface area (Å²) in [6.07, 6.45) is 0. The molecule has 0 amide bonds. The summed E-state index contributed by atoms with van der Waals surface area (Å²) in [4.78, 5) is 8.07. The van der Waals surface area contributed by atoms with E-state index in [1.807, 2.05) is 13.8 Å². The molecule has 0 aliphatic carbocycles. The number of hydrogen-bond donors (Lipinski definition) is 0. The molecule has 0 aliphatic heterocycles. The first-order chi connectivity index (χ1) is 6.09. The molecule has 0 radical (unpaired) electrons. The van der Waals surface area contributed by atoms with Crippen molar-refractivity contribution in [1.29, 1.82) is 0 Å². The number of aryl methyl sites for hydroxylation is 2. The molecule has 2 rings (SSSR count). The summed E-state index contributed by atoms with van der Waals surface area (Å²) in [5.74, 6) is 0. The van der Waals surface area contributed by atoms with Gasteiger partial charge in [-0.1, -0.05) is 0 Å². The summed E-state index contributed by atoms with van der Waals surface area (Å²) in [7, 11) is 0. The highest BCUT2D eigenvalue weighted by molar-refractivity contribution is 14.1. The number of furan rings is 1. The Morgan fingerprint density at radius 2 is 2.00 bits per heavy atom. The van der Waals surface area contributed by atoms with Crippen molar-refractivity contribution in [2.45, 2.75) is 13.8 Å². The van der Waals surface area contributed by atoms with E-state index < -0.39 is 0 Å². The second-order valence-electron chi connectivity index (χ2n) is 2.76. The average Bonchev–Trinajstić information content (AvgIpc) is 2.27. The summed E-state index contributed by atoms with van der Waals surface area (Å²) >= 11 is 7.83. The maximum absolute atomic E-state index is 5.70. The minimum absolute atomic E-state index is 0.232. The number of rotatable bonds is 0. The van der Waals surface area contributed by atoms with Gasteiger partial charge in [0.25, 0.3) is 0 Å². The van der Waals surface area contributed by atoms with Gasteiger partial charge in [0.1, 0.15) is 0 Å². The lowest BCUT2D eigenvalue weighted by molar-refractivity contribution is 0.568. The Labute approximate surface area is 93.6 Å². The lowest BCUT2D eigenvalue weighted by Gasteiger charge is -1.94. The fraction of sp³-hybridized carbons (Fsp3) is 0.250. The van der Waals surface area contributed by atoms with Gasteiger partial charge in [0.05, 0.1) is 11.1 Å². The molecule has 2 aromatic rings. The molecule has 2 heterocycles. The fourth-order valence-corrected chi connectivity index (χ4v) is 1.96. The standard InChI is InChI=1S/C8H6ClIN2O/c1-3-5-4(2)11-8(9)12-7(5)13-6(3)10/h1-2H3. The fourth-order valence-electron chi connectivity index (χ4n) is 1.28. The highest BCUT2D eigenvalue weighted by atomic mass is 127. The molecule has 0 aliphatic rings. The van der Waals surface area contributed by atoms with Gasteiger partial charge >= 0.3 is 0 Å². The zero-order valence-corrected chi connectivity index (χ0v) is 9.97. The third kappa shape index (κ3) is 1.42. The molecule has 0 aromatic carbocycles. The van der Waals surface area contributed by atoms with E-state index in [1.54, 1.807) is 0 Å². The van der Waals surface area contributed by atoms with Crippen LogP contribution in [0.3, 0.4) is 0 Å². The van der Waals surface area contributed by atoms with E-state index in [9.17, 15) is 0 Å². The van der Waals surface area contributed by atoms with Gasteiger partial charge in [-0.05, 0) is 48.0 Å². The average molecular weight is 309 g/mol. The van der Waals surface area contributed by atoms with Gasteiger partial charge in [0.2, 0.25) is 11.0 Å². The Hall–Kier alpha value is -0.360. The van der Waals surface area contributed by atoms with E-state index in [4.69, 9.17) is 16.0 Å². The van der Waals surface area contributed by atoms with Crippen LogP contribution in [0.15, 0.2) is 4.42 Å². The van der Waals surface area contributed by atoms with Crippen LogP contribution in [-0.2, 0) is 0 Å². The zero-order chi connectivity index (χ0) is 9.59. The highest BCUT2D eigenvalue weighted by Crippen LogP contribution is 2.27. The van der Waals surface area contributed by atoms with E-state index in [1.165, 1.54) is 0 Å². The molecule has 0 atom stereocenters. The quantitative estimate of drug-likeness (QED) is 0.554.